The van der Waals surface area contributed by atoms with E-state index in [9.17, 15) is 0 Å². The molecule has 0 fully saturated rings. The Kier molecular flexibility index (Phi) is 3.92. The molecule has 0 aliphatic carbocycles. The van der Waals surface area contributed by atoms with Gasteiger partial charge in [0, 0.05) is 12.4 Å². The second-order valence-corrected chi connectivity index (χ2v) is 5.63. The molecule has 0 atom stereocenters. The first-order valence-corrected chi connectivity index (χ1v) is 7.66. The van der Waals surface area contributed by atoms with Crippen LogP contribution in [0.3, 0.4) is 0 Å². The Bertz CT molecular complexity index is 782. The van der Waals surface area contributed by atoms with Gasteiger partial charge in [0.15, 0.2) is 0 Å². The van der Waals surface area contributed by atoms with E-state index < -0.39 is 0 Å². The molecule has 0 saturated carbocycles. The van der Waals surface area contributed by atoms with Crippen molar-refractivity contribution in [2.24, 2.45) is 7.05 Å². The fourth-order valence-electron chi connectivity index (χ4n) is 2.26. The fourth-order valence-corrected chi connectivity index (χ4v) is 2.99. The van der Waals surface area contributed by atoms with Gasteiger partial charge in [0.05, 0.1) is 27.6 Å². The standard InChI is InChI=1S/C16H16BrN3O/c1-3-13-16(17)15(20(2)19-13)10-21-12-8-11-6-4-5-7-14(11)18-9-12/h4-9H,3,10H2,1-2H3. The summed E-state index contributed by atoms with van der Waals surface area (Å²) < 4.78 is 8.75. The van der Waals surface area contributed by atoms with Crippen molar-refractivity contribution >= 4 is 26.8 Å². The van der Waals surface area contributed by atoms with Gasteiger partial charge in [0.2, 0.25) is 0 Å². The van der Waals surface area contributed by atoms with Gasteiger partial charge in [-0.3, -0.25) is 9.67 Å². The first kappa shape index (κ1) is 14.1. The lowest BCUT2D eigenvalue weighted by atomic mass is 10.2. The monoisotopic (exact) mass is 345 g/mol. The van der Waals surface area contributed by atoms with Crippen molar-refractivity contribution < 1.29 is 4.74 Å². The Hall–Kier alpha value is -1.88. The molecule has 2 aromatic heterocycles. The molecule has 3 aromatic rings. The number of rotatable bonds is 4. The van der Waals surface area contributed by atoms with Gasteiger partial charge >= 0.3 is 0 Å². The van der Waals surface area contributed by atoms with E-state index in [0.29, 0.717) is 6.61 Å². The number of benzene rings is 1. The van der Waals surface area contributed by atoms with Gasteiger partial charge in [-0.05, 0) is 34.5 Å². The first-order valence-electron chi connectivity index (χ1n) is 6.87. The van der Waals surface area contributed by atoms with Crippen LogP contribution in [0, 0.1) is 0 Å². The summed E-state index contributed by atoms with van der Waals surface area (Å²) in [6.45, 7) is 2.55. The van der Waals surface area contributed by atoms with Crippen LogP contribution in [0.4, 0.5) is 0 Å². The van der Waals surface area contributed by atoms with Crippen LogP contribution >= 0.6 is 15.9 Å². The number of pyridine rings is 1. The van der Waals surface area contributed by atoms with Gasteiger partial charge in [-0.15, -0.1) is 0 Å². The van der Waals surface area contributed by atoms with Gasteiger partial charge in [-0.2, -0.15) is 5.10 Å². The molecule has 0 aliphatic rings. The smallest absolute Gasteiger partial charge is 0.138 e. The Morgan fingerprint density at radius 2 is 2.10 bits per heavy atom. The van der Waals surface area contributed by atoms with Crippen LogP contribution in [-0.2, 0) is 20.1 Å². The molecule has 0 unspecified atom stereocenters. The SMILES string of the molecule is CCc1nn(C)c(COc2cnc3ccccc3c2)c1Br. The molecule has 2 heterocycles. The number of nitrogens with zero attached hydrogens (tertiary/aromatic N) is 3. The highest BCUT2D eigenvalue weighted by Gasteiger charge is 2.13. The van der Waals surface area contributed by atoms with Crippen molar-refractivity contribution in [2.45, 2.75) is 20.0 Å². The molecular formula is C16H16BrN3O. The second-order valence-electron chi connectivity index (χ2n) is 4.84. The molecule has 0 amide bonds. The summed E-state index contributed by atoms with van der Waals surface area (Å²) in [6.07, 6.45) is 2.65. The molecule has 0 saturated heterocycles. The van der Waals surface area contributed by atoms with Crippen LogP contribution in [0.15, 0.2) is 41.0 Å². The Labute approximate surface area is 131 Å². The van der Waals surface area contributed by atoms with E-state index in [4.69, 9.17) is 4.74 Å². The maximum Gasteiger partial charge on any atom is 0.138 e. The van der Waals surface area contributed by atoms with Crippen LogP contribution in [0.1, 0.15) is 18.3 Å². The molecule has 0 spiro atoms. The van der Waals surface area contributed by atoms with Crippen LogP contribution < -0.4 is 4.74 Å². The van der Waals surface area contributed by atoms with Crippen molar-refractivity contribution in [3.8, 4) is 5.75 Å². The minimum atomic E-state index is 0.462. The lowest BCUT2D eigenvalue weighted by Gasteiger charge is -2.07. The maximum atomic E-state index is 5.87. The highest BCUT2D eigenvalue weighted by atomic mass is 79.9. The predicted octanol–water partition coefficient (Wildman–Crippen LogP) is 3.87. The van der Waals surface area contributed by atoms with Crippen molar-refractivity contribution in [2.75, 3.05) is 0 Å². The van der Waals surface area contributed by atoms with E-state index in [1.807, 2.05) is 42.1 Å². The van der Waals surface area contributed by atoms with E-state index in [1.54, 1.807) is 6.20 Å². The zero-order valence-electron chi connectivity index (χ0n) is 12.0. The third kappa shape index (κ3) is 2.78. The number of aryl methyl sites for hydroxylation is 2. The normalized spacial score (nSPS) is 11.0. The summed E-state index contributed by atoms with van der Waals surface area (Å²) in [5.74, 6) is 0.764. The third-order valence-corrected chi connectivity index (χ3v) is 4.36. The lowest BCUT2D eigenvalue weighted by molar-refractivity contribution is 0.293. The summed E-state index contributed by atoms with van der Waals surface area (Å²) in [6, 6.07) is 10.0. The van der Waals surface area contributed by atoms with Crippen molar-refractivity contribution in [3.05, 3.63) is 52.4 Å². The van der Waals surface area contributed by atoms with Crippen LogP contribution in [-0.4, -0.2) is 14.8 Å². The Morgan fingerprint density at radius 3 is 2.86 bits per heavy atom. The maximum absolute atomic E-state index is 5.87. The topological polar surface area (TPSA) is 39.9 Å². The van der Waals surface area contributed by atoms with E-state index in [2.05, 4.69) is 32.9 Å². The molecular weight excluding hydrogens is 330 g/mol. The molecule has 0 bridgehead atoms. The summed E-state index contributed by atoms with van der Waals surface area (Å²) >= 11 is 3.60. The predicted molar refractivity (Wildman–Crippen MR) is 86.4 cm³/mol. The van der Waals surface area contributed by atoms with Crippen molar-refractivity contribution in [1.82, 2.24) is 14.8 Å². The summed E-state index contributed by atoms with van der Waals surface area (Å²) in [7, 11) is 1.93. The number of halogens is 1. The first-order chi connectivity index (χ1) is 10.2. The van der Waals surface area contributed by atoms with E-state index in [0.717, 1.165) is 38.9 Å². The van der Waals surface area contributed by atoms with Crippen molar-refractivity contribution in [1.29, 1.82) is 0 Å². The van der Waals surface area contributed by atoms with E-state index >= 15 is 0 Å². The number of aromatic nitrogens is 3. The highest BCUT2D eigenvalue weighted by Crippen LogP contribution is 2.24. The zero-order chi connectivity index (χ0) is 14.8. The Morgan fingerprint density at radius 1 is 1.29 bits per heavy atom. The van der Waals surface area contributed by atoms with Crippen molar-refractivity contribution in [3.63, 3.8) is 0 Å². The number of para-hydroxylation sites is 1. The fraction of sp³-hybridized carbons (Fsp3) is 0.250. The molecule has 5 heteroatoms. The summed E-state index contributed by atoms with van der Waals surface area (Å²) in [4.78, 5) is 4.40. The van der Waals surface area contributed by atoms with Crippen LogP contribution in [0.25, 0.3) is 10.9 Å². The average Bonchev–Trinajstić information content (AvgIpc) is 2.79. The minimum Gasteiger partial charge on any atom is -0.486 e. The van der Waals surface area contributed by atoms with Gasteiger partial charge in [-0.1, -0.05) is 25.1 Å². The number of hydrogen-bond acceptors (Lipinski definition) is 3. The largest absolute Gasteiger partial charge is 0.486 e. The molecule has 21 heavy (non-hydrogen) atoms. The van der Waals surface area contributed by atoms with Crippen LogP contribution in [0.2, 0.25) is 0 Å². The Balaban J connectivity index is 1.81. The van der Waals surface area contributed by atoms with Gasteiger partial charge in [0.25, 0.3) is 0 Å². The van der Waals surface area contributed by atoms with Gasteiger partial charge in [0.1, 0.15) is 12.4 Å². The minimum absolute atomic E-state index is 0.462. The zero-order valence-corrected chi connectivity index (χ0v) is 13.6. The summed E-state index contributed by atoms with van der Waals surface area (Å²) in [5, 5.41) is 5.54. The summed E-state index contributed by atoms with van der Waals surface area (Å²) in [5.41, 5.74) is 3.05. The lowest BCUT2D eigenvalue weighted by Crippen LogP contribution is -2.03. The number of hydrogen-bond donors (Lipinski definition) is 0. The van der Waals surface area contributed by atoms with Gasteiger partial charge < -0.3 is 4.74 Å². The highest BCUT2D eigenvalue weighted by molar-refractivity contribution is 9.10. The van der Waals surface area contributed by atoms with Crippen LogP contribution in [0.5, 0.6) is 5.75 Å². The average molecular weight is 346 g/mol. The molecule has 1 aromatic carbocycles. The van der Waals surface area contributed by atoms with Gasteiger partial charge in [-0.25, -0.2) is 0 Å². The third-order valence-electron chi connectivity index (χ3n) is 3.44. The quantitative estimate of drug-likeness (QED) is 0.720. The second kappa shape index (κ2) is 5.85. The molecule has 3 rings (SSSR count). The molecule has 4 nitrogen and oxygen atoms in total. The molecule has 0 aliphatic heterocycles. The van der Waals surface area contributed by atoms with E-state index in [-0.39, 0.29) is 0 Å². The molecule has 108 valence electrons. The number of ether oxygens (including phenoxy) is 1. The molecule has 0 N–H and O–H groups in total. The molecule has 0 radical (unpaired) electrons. The van der Waals surface area contributed by atoms with E-state index in [1.165, 1.54) is 0 Å². The number of fused-ring (bicyclic) bond motifs is 1.